The van der Waals surface area contributed by atoms with Gasteiger partial charge in [-0.25, -0.2) is 9.97 Å². The van der Waals surface area contributed by atoms with E-state index in [1.54, 1.807) is 23.4 Å². The van der Waals surface area contributed by atoms with Crippen LogP contribution >= 0.6 is 0 Å². The Morgan fingerprint density at radius 1 is 1.21 bits per heavy atom. The maximum absolute atomic E-state index is 5.61. The van der Waals surface area contributed by atoms with Crippen molar-refractivity contribution in [2.75, 3.05) is 17.6 Å². The van der Waals surface area contributed by atoms with E-state index in [0.29, 0.717) is 5.69 Å². The number of fused-ring (bicyclic) bond motifs is 1. The number of nitrogen functional groups attached to an aromatic ring is 1. The highest BCUT2D eigenvalue weighted by Crippen LogP contribution is 2.17. The molecule has 2 heterocycles. The summed E-state index contributed by atoms with van der Waals surface area (Å²) in [7, 11) is 0. The van der Waals surface area contributed by atoms with Gasteiger partial charge < -0.3 is 11.1 Å². The maximum Gasteiger partial charge on any atom is 0.137 e. The second-order valence-electron chi connectivity index (χ2n) is 4.20. The monoisotopic (exact) mass is 254 g/mol. The van der Waals surface area contributed by atoms with Gasteiger partial charge in [-0.1, -0.05) is 12.1 Å². The van der Waals surface area contributed by atoms with E-state index in [9.17, 15) is 0 Å². The number of nitrogens with one attached hydrogen (secondary N) is 1. The van der Waals surface area contributed by atoms with Crippen LogP contribution in [0.25, 0.3) is 10.9 Å². The molecular weight excluding hydrogens is 240 g/mol. The van der Waals surface area contributed by atoms with Crippen LogP contribution in [0, 0.1) is 0 Å². The molecule has 6 heteroatoms. The third-order valence-electron chi connectivity index (χ3n) is 2.83. The first-order valence-corrected chi connectivity index (χ1v) is 6.04. The number of nitrogens with two attached hydrogens (primary N) is 1. The molecule has 19 heavy (non-hydrogen) atoms. The summed E-state index contributed by atoms with van der Waals surface area (Å²) in [5.74, 6) is 0.839. The van der Waals surface area contributed by atoms with Crippen molar-refractivity contribution in [2.24, 2.45) is 0 Å². The summed E-state index contributed by atoms with van der Waals surface area (Å²) < 4.78 is 1.80. The zero-order chi connectivity index (χ0) is 13.1. The fourth-order valence-electron chi connectivity index (χ4n) is 1.94. The first-order valence-electron chi connectivity index (χ1n) is 6.04. The average molecular weight is 254 g/mol. The molecule has 0 amide bonds. The highest BCUT2D eigenvalue weighted by atomic mass is 15.3. The second kappa shape index (κ2) is 4.93. The number of nitrogens with zero attached hydrogens (tertiary/aromatic N) is 4. The van der Waals surface area contributed by atoms with Crippen LogP contribution in [-0.2, 0) is 6.54 Å². The van der Waals surface area contributed by atoms with Gasteiger partial charge in [-0.2, -0.15) is 5.10 Å². The third kappa shape index (κ3) is 2.47. The van der Waals surface area contributed by atoms with Crippen molar-refractivity contribution in [3.05, 3.63) is 43.0 Å². The molecule has 6 nitrogen and oxygen atoms in total. The molecule has 0 fully saturated rings. The van der Waals surface area contributed by atoms with Crippen LogP contribution in [0.15, 0.2) is 43.0 Å². The van der Waals surface area contributed by atoms with E-state index in [2.05, 4.69) is 20.4 Å². The number of rotatable bonds is 4. The zero-order valence-corrected chi connectivity index (χ0v) is 10.3. The lowest BCUT2D eigenvalue weighted by Crippen LogP contribution is -2.12. The van der Waals surface area contributed by atoms with Crippen LogP contribution in [0.1, 0.15) is 0 Å². The van der Waals surface area contributed by atoms with E-state index in [1.165, 1.54) is 0 Å². The van der Waals surface area contributed by atoms with Gasteiger partial charge in [0.1, 0.15) is 12.1 Å². The minimum absolute atomic E-state index is 0.674. The molecule has 0 saturated carbocycles. The first kappa shape index (κ1) is 11.5. The molecule has 0 spiro atoms. The zero-order valence-electron chi connectivity index (χ0n) is 10.3. The van der Waals surface area contributed by atoms with Gasteiger partial charge in [-0.3, -0.25) is 4.68 Å². The molecule has 1 aromatic carbocycles. The number of hydrogen-bond acceptors (Lipinski definition) is 5. The summed E-state index contributed by atoms with van der Waals surface area (Å²) in [6, 6.07) is 7.91. The Kier molecular flexibility index (Phi) is 2.97. The Balaban J connectivity index is 1.71. The Bertz CT molecular complexity index is 685. The fraction of sp³-hybridized carbons (Fsp3) is 0.154. The van der Waals surface area contributed by atoms with Crippen LogP contribution in [0.4, 0.5) is 11.5 Å². The van der Waals surface area contributed by atoms with Crippen molar-refractivity contribution in [2.45, 2.75) is 6.54 Å². The van der Waals surface area contributed by atoms with Gasteiger partial charge in [0.2, 0.25) is 0 Å². The van der Waals surface area contributed by atoms with Gasteiger partial charge in [0.25, 0.3) is 0 Å². The minimum atomic E-state index is 0.674. The predicted octanol–water partition coefficient (Wildman–Crippen LogP) is 1.52. The maximum atomic E-state index is 5.61. The summed E-state index contributed by atoms with van der Waals surface area (Å²) in [4.78, 5) is 8.49. The molecule has 3 N–H and O–H groups in total. The van der Waals surface area contributed by atoms with E-state index < -0.39 is 0 Å². The summed E-state index contributed by atoms with van der Waals surface area (Å²) in [6.07, 6.45) is 5.01. The highest BCUT2D eigenvalue weighted by molar-refractivity contribution is 5.88. The van der Waals surface area contributed by atoms with E-state index in [4.69, 9.17) is 5.73 Å². The second-order valence-corrected chi connectivity index (χ2v) is 4.20. The molecule has 0 aliphatic rings. The van der Waals surface area contributed by atoms with Gasteiger partial charge in [-0.15, -0.1) is 0 Å². The normalized spacial score (nSPS) is 10.7. The van der Waals surface area contributed by atoms with Crippen LogP contribution in [0.5, 0.6) is 0 Å². The molecule has 0 radical (unpaired) electrons. The number of benzene rings is 1. The molecule has 0 aliphatic carbocycles. The van der Waals surface area contributed by atoms with E-state index in [1.807, 2.05) is 24.3 Å². The largest absolute Gasteiger partial charge is 0.396 e. The van der Waals surface area contributed by atoms with Crippen molar-refractivity contribution in [3.8, 4) is 0 Å². The highest BCUT2D eigenvalue weighted by Gasteiger charge is 2.02. The lowest BCUT2D eigenvalue weighted by molar-refractivity contribution is 0.637. The fourth-order valence-corrected chi connectivity index (χ4v) is 1.94. The molecule has 0 saturated heterocycles. The van der Waals surface area contributed by atoms with Gasteiger partial charge in [0, 0.05) is 18.1 Å². The molecule has 0 bridgehead atoms. The van der Waals surface area contributed by atoms with Crippen LogP contribution < -0.4 is 11.1 Å². The van der Waals surface area contributed by atoms with Gasteiger partial charge in [0.05, 0.1) is 23.9 Å². The topological polar surface area (TPSA) is 81.6 Å². The van der Waals surface area contributed by atoms with Crippen molar-refractivity contribution in [1.82, 2.24) is 19.7 Å². The van der Waals surface area contributed by atoms with Crippen LogP contribution in [0.2, 0.25) is 0 Å². The molecule has 3 rings (SSSR count). The van der Waals surface area contributed by atoms with Crippen LogP contribution in [-0.4, -0.2) is 26.3 Å². The van der Waals surface area contributed by atoms with E-state index in [0.717, 1.165) is 29.8 Å². The Morgan fingerprint density at radius 3 is 2.95 bits per heavy atom. The molecule has 96 valence electrons. The van der Waals surface area contributed by atoms with Gasteiger partial charge >= 0.3 is 0 Å². The van der Waals surface area contributed by atoms with Gasteiger partial charge in [-0.05, 0) is 12.1 Å². The standard InChI is InChI=1S/C13H14N6/c14-10-7-18-19(8-10)6-5-15-13-11-3-1-2-4-12(11)16-9-17-13/h1-4,7-9H,5-6,14H2,(H,15,16,17). The molecular formula is C13H14N6. The van der Waals surface area contributed by atoms with Crippen LogP contribution in [0.3, 0.4) is 0 Å². The Labute approximate surface area is 110 Å². The molecule has 0 aliphatic heterocycles. The van der Waals surface area contributed by atoms with E-state index >= 15 is 0 Å². The molecule has 2 aromatic heterocycles. The summed E-state index contributed by atoms with van der Waals surface area (Å²) in [5.41, 5.74) is 7.22. The van der Waals surface area contributed by atoms with Crippen molar-refractivity contribution in [1.29, 1.82) is 0 Å². The molecule has 0 unspecified atom stereocenters. The Hall–Kier alpha value is -2.63. The van der Waals surface area contributed by atoms with Crippen molar-refractivity contribution in [3.63, 3.8) is 0 Å². The molecule has 0 atom stereocenters. The van der Waals surface area contributed by atoms with Crippen molar-refractivity contribution < 1.29 is 0 Å². The quantitative estimate of drug-likeness (QED) is 0.737. The SMILES string of the molecule is Nc1cnn(CCNc2ncnc3ccccc23)c1. The lowest BCUT2D eigenvalue weighted by atomic mass is 10.2. The Morgan fingerprint density at radius 2 is 2.11 bits per heavy atom. The molecule has 3 aromatic rings. The summed E-state index contributed by atoms with van der Waals surface area (Å²) >= 11 is 0. The number of para-hydroxylation sites is 1. The van der Waals surface area contributed by atoms with E-state index in [-0.39, 0.29) is 0 Å². The summed E-state index contributed by atoms with van der Waals surface area (Å²) in [6.45, 7) is 1.46. The summed E-state index contributed by atoms with van der Waals surface area (Å²) in [5, 5.41) is 8.44. The number of aromatic nitrogens is 4. The predicted molar refractivity (Wildman–Crippen MR) is 74.7 cm³/mol. The lowest BCUT2D eigenvalue weighted by Gasteiger charge is -2.08. The number of anilines is 2. The first-order chi connectivity index (χ1) is 9.33. The number of hydrogen-bond donors (Lipinski definition) is 2. The average Bonchev–Trinajstić information content (AvgIpc) is 2.85. The third-order valence-corrected chi connectivity index (χ3v) is 2.83. The minimum Gasteiger partial charge on any atom is -0.396 e. The van der Waals surface area contributed by atoms with Gasteiger partial charge in [0.15, 0.2) is 0 Å². The smallest absolute Gasteiger partial charge is 0.137 e. The van der Waals surface area contributed by atoms with Crippen molar-refractivity contribution >= 4 is 22.4 Å².